The Hall–Kier alpha value is -6.95. The van der Waals surface area contributed by atoms with Crippen LogP contribution in [0.5, 0.6) is 0 Å². The number of likely N-dealkylation sites (N-methyl/N-ethyl adjacent to an activating group) is 1. The standard InChI is InChI=1S/C52H74N8O20/c1-50(2,3)79-46(65)54-24-37(61)44(64)55-36-21-35(57-48(67)75-26-30-13-17-32(18-14-30)60(72)73)38(39(62)42(36)78-45-40(63)43(52(7,69)27-76-45)58(8)49(68)80-51(4,5)6)41-34(20-19-33(77-41)23-53-22-28-9-10-28)56-47(66)74-25-29-11-15-31(16-12-29)59(70)71/h11-19,28,34-43,45,53,61-63,69H,9-10,20-27H2,1-8H3,(H,54,65)(H,55,64)(H,56,66)(H,57,67)/t34-,35+,36-,37-,38?,39+,40-,41+,42+,43-,45-,52+/m1/s1. The lowest BCUT2D eigenvalue weighted by Gasteiger charge is -2.52. The SMILES string of the molecule is CN(C(=O)OC(C)(C)C)[C@@H]1[C@@H](O)[C@@H](O[C@H]2[C@H](NC(=O)[C@H](O)CNC(=O)OC(C)(C)C)C[C@H](NC(=O)OCc3ccc([N+](=O)[O-])cc3)C([C@H]3OC(CNCC4CC4)=CC[C@H]3NC(=O)OCc3ccc([N+](=O)[O-])cc3)[C@@H]2O)OC[C@]1(C)O. The van der Waals surface area contributed by atoms with Crippen molar-refractivity contribution in [2.75, 3.05) is 33.3 Å². The van der Waals surface area contributed by atoms with E-state index < -0.39 is 150 Å². The maximum absolute atomic E-state index is 14.0. The molecule has 2 aliphatic carbocycles. The van der Waals surface area contributed by atoms with E-state index in [4.69, 9.17) is 33.2 Å². The summed E-state index contributed by atoms with van der Waals surface area (Å²) in [6.07, 6.45) is -11.1. The zero-order valence-electron chi connectivity index (χ0n) is 45.9. The molecule has 0 bridgehead atoms. The van der Waals surface area contributed by atoms with Crippen LogP contribution in [0, 0.1) is 32.1 Å². The van der Waals surface area contributed by atoms with Crippen molar-refractivity contribution in [1.29, 1.82) is 0 Å². The topological polar surface area (TPSA) is 381 Å². The summed E-state index contributed by atoms with van der Waals surface area (Å²) in [6, 6.07) is 5.18. The Morgan fingerprint density at radius 2 is 1.35 bits per heavy atom. The van der Waals surface area contributed by atoms with Crippen LogP contribution in [0.2, 0.25) is 0 Å². The van der Waals surface area contributed by atoms with Crippen molar-refractivity contribution >= 4 is 41.7 Å². The van der Waals surface area contributed by atoms with Gasteiger partial charge in [-0.1, -0.05) is 0 Å². The van der Waals surface area contributed by atoms with Gasteiger partial charge in [0.15, 0.2) is 6.29 Å². The van der Waals surface area contributed by atoms with Crippen molar-refractivity contribution in [1.82, 2.24) is 31.5 Å². The lowest BCUT2D eigenvalue weighted by molar-refractivity contribution is -0.385. The summed E-state index contributed by atoms with van der Waals surface area (Å²) in [7, 11) is 1.28. The second-order valence-electron chi connectivity index (χ2n) is 22.5. The third kappa shape index (κ3) is 17.8. The number of nitro groups is 2. The molecule has 12 atom stereocenters. The van der Waals surface area contributed by atoms with Gasteiger partial charge in [-0.3, -0.25) is 25.0 Å². The Labute approximate surface area is 461 Å². The van der Waals surface area contributed by atoms with Crippen LogP contribution in [0.1, 0.15) is 85.3 Å². The molecule has 0 spiro atoms. The first kappa shape index (κ1) is 62.3. The Balaban J connectivity index is 1.37. The number of rotatable bonds is 20. The number of alkyl carbamates (subject to hydrolysis) is 3. The van der Waals surface area contributed by atoms with E-state index in [2.05, 4.69) is 26.6 Å². The highest BCUT2D eigenvalue weighted by Crippen LogP contribution is 2.39. The fraction of sp³-hybridized carbons (Fsp3) is 0.635. The van der Waals surface area contributed by atoms with Crippen molar-refractivity contribution in [2.45, 2.75) is 165 Å². The van der Waals surface area contributed by atoms with E-state index in [1.807, 2.05) is 0 Å². The molecule has 4 aliphatic rings. The van der Waals surface area contributed by atoms with Crippen LogP contribution in [0.3, 0.4) is 0 Å². The number of nitrogens with zero attached hydrogens (tertiary/aromatic N) is 3. The molecule has 2 aliphatic heterocycles. The minimum absolute atomic E-state index is 0.0546. The van der Waals surface area contributed by atoms with Crippen molar-refractivity contribution in [3.05, 3.63) is 91.7 Å². The molecule has 5 amide bonds. The smallest absolute Gasteiger partial charge is 0.410 e. The number of benzene rings is 2. The molecule has 1 unspecified atom stereocenters. The van der Waals surface area contributed by atoms with Crippen LogP contribution < -0.4 is 26.6 Å². The van der Waals surface area contributed by atoms with Crippen LogP contribution >= 0.6 is 0 Å². The third-order valence-corrected chi connectivity index (χ3v) is 13.5. The third-order valence-electron chi connectivity index (χ3n) is 13.5. The first-order chi connectivity index (χ1) is 37.5. The maximum atomic E-state index is 14.0. The molecule has 28 heteroatoms. The van der Waals surface area contributed by atoms with Gasteiger partial charge in [-0.25, -0.2) is 19.2 Å². The largest absolute Gasteiger partial charge is 0.491 e. The highest BCUT2D eigenvalue weighted by molar-refractivity contribution is 5.82. The molecule has 28 nitrogen and oxygen atoms in total. The molecule has 1 saturated heterocycles. The summed E-state index contributed by atoms with van der Waals surface area (Å²) < 4.78 is 41.0. The van der Waals surface area contributed by atoms with Gasteiger partial charge in [-0.15, -0.1) is 0 Å². The monoisotopic (exact) mass is 1130 g/mol. The van der Waals surface area contributed by atoms with Gasteiger partial charge in [-0.05, 0) is 128 Å². The number of nitrogens with one attached hydrogen (secondary N) is 5. The summed E-state index contributed by atoms with van der Waals surface area (Å²) in [4.78, 5) is 90.1. The van der Waals surface area contributed by atoms with Crippen molar-refractivity contribution in [2.24, 2.45) is 11.8 Å². The van der Waals surface area contributed by atoms with Crippen molar-refractivity contribution in [3.63, 3.8) is 0 Å². The minimum Gasteiger partial charge on any atom is -0.491 e. The van der Waals surface area contributed by atoms with Crippen molar-refractivity contribution < 1.29 is 87.4 Å². The van der Waals surface area contributed by atoms with E-state index >= 15 is 0 Å². The predicted molar refractivity (Wildman–Crippen MR) is 279 cm³/mol. The Kier molecular flexibility index (Phi) is 20.7. The number of carbonyl (C=O) groups excluding carboxylic acids is 5. The molecule has 2 saturated carbocycles. The average molecular weight is 1130 g/mol. The van der Waals surface area contributed by atoms with Gasteiger partial charge in [0.25, 0.3) is 17.3 Å². The van der Waals surface area contributed by atoms with Crippen LogP contribution in [0.4, 0.5) is 30.6 Å². The van der Waals surface area contributed by atoms with Crippen LogP contribution in [-0.4, -0.2) is 177 Å². The molecular weight excluding hydrogens is 1060 g/mol. The Morgan fingerprint density at radius 1 is 0.800 bits per heavy atom. The predicted octanol–water partition coefficient (Wildman–Crippen LogP) is 2.91. The Bertz CT molecular complexity index is 2530. The van der Waals surface area contributed by atoms with Crippen LogP contribution in [-0.2, 0) is 51.2 Å². The number of hydrogen-bond donors (Lipinski definition) is 9. The van der Waals surface area contributed by atoms with Gasteiger partial charge in [-0.2, -0.15) is 0 Å². The number of non-ortho nitro benzene ring substituents is 2. The van der Waals surface area contributed by atoms with Crippen molar-refractivity contribution in [3.8, 4) is 0 Å². The minimum atomic E-state index is -1.96. The molecule has 9 N–H and O–H groups in total. The van der Waals surface area contributed by atoms with Gasteiger partial charge in [0, 0.05) is 43.3 Å². The van der Waals surface area contributed by atoms with Gasteiger partial charge < -0.3 is 85.1 Å². The first-order valence-electron chi connectivity index (χ1n) is 26.1. The lowest BCUT2D eigenvalue weighted by Crippen LogP contribution is -2.71. The number of amides is 5. The second-order valence-corrected chi connectivity index (χ2v) is 22.5. The molecule has 0 aromatic heterocycles. The molecule has 442 valence electrons. The quantitative estimate of drug-likeness (QED) is 0.0523. The first-order valence-corrected chi connectivity index (χ1v) is 26.1. The number of ether oxygens (including phenoxy) is 7. The van der Waals surface area contributed by atoms with E-state index in [1.165, 1.54) is 62.5 Å². The molecular formula is C52H74N8O20. The zero-order valence-corrected chi connectivity index (χ0v) is 45.9. The molecule has 3 fully saturated rings. The molecule has 2 aromatic rings. The molecule has 2 heterocycles. The van der Waals surface area contributed by atoms with Crippen LogP contribution in [0.15, 0.2) is 60.4 Å². The fourth-order valence-electron chi connectivity index (χ4n) is 9.47. The van der Waals surface area contributed by atoms with Gasteiger partial charge >= 0.3 is 24.4 Å². The van der Waals surface area contributed by atoms with Gasteiger partial charge in [0.2, 0.25) is 0 Å². The summed E-state index contributed by atoms with van der Waals surface area (Å²) in [5.74, 6) is -1.65. The number of carbonyl (C=O) groups is 5. The lowest BCUT2D eigenvalue weighted by atomic mass is 9.72. The molecule has 2 aromatic carbocycles. The normalized spacial score (nSPS) is 27.1. The van der Waals surface area contributed by atoms with E-state index in [0.717, 1.165) is 17.7 Å². The van der Waals surface area contributed by atoms with Gasteiger partial charge in [0.05, 0.1) is 53.8 Å². The fourth-order valence-corrected chi connectivity index (χ4v) is 9.47. The summed E-state index contributed by atoms with van der Waals surface area (Å²) in [5.41, 5.74) is -3.48. The molecule has 6 rings (SSSR count). The van der Waals surface area contributed by atoms with Crippen LogP contribution in [0.25, 0.3) is 0 Å². The van der Waals surface area contributed by atoms with Gasteiger partial charge in [0.1, 0.15) is 60.2 Å². The number of nitro benzene ring substituents is 2. The summed E-state index contributed by atoms with van der Waals surface area (Å²) >= 11 is 0. The maximum Gasteiger partial charge on any atom is 0.410 e. The van der Waals surface area contributed by atoms with E-state index in [1.54, 1.807) is 47.6 Å². The number of aliphatic hydroxyl groups excluding tert-OH is 3. The average Bonchev–Trinajstić information content (AvgIpc) is 4.29. The molecule has 0 radical (unpaired) electrons. The van der Waals surface area contributed by atoms with E-state index in [9.17, 15) is 64.6 Å². The number of hydrogen-bond acceptors (Lipinski definition) is 21. The number of aliphatic hydroxyl groups is 4. The van der Waals surface area contributed by atoms with E-state index in [0.29, 0.717) is 29.3 Å². The Morgan fingerprint density at radius 3 is 1.88 bits per heavy atom. The summed E-state index contributed by atoms with van der Waals surface area (Å²) in [5, 5.41) is 84.2. The second kappa shape index (κ2) is 26.5. The molecule has 80 heavy (non-hydrogen) atoms. The highest BCUT2D eigenvalue weighted by Gasteiger charge is 2.56. The zero-order chi connectivity index (χ0) is 58.9. The summed E-state index contributed by atoms with van der Waals surface area (Å²) in [6.45, 7) is 9.92. The highest BCUT2D eigenvalue weighted by atomic mass is 16.7. The van der Waals surface area contributed by atoms with E-state index in [-0.39, 0.29) is 30.9 Å².